The molecule has 1 aliphatic rings. The topological polar surface area (TPSA) is 99.4 Å². The van der Waals surface area contributed by atoms with Crippen LogP contribution in [-0.2, 0) is 16.1 Å². The van der Waals surface area contributed by atoms with Crippen molar-refractivity contribution in [2.45, 2.75) is 37.3 Å². The quantitative estimate of drug-likeness (QED) is 0.560. The summed E-state index contributed by atoms with van der Waals surface area (Å²) < 4.78 is 10.3. The molecule has 1 heterocycles. The summed E-state index contributed by atoms with van der Waals surface area (Å²) in [5.41, 5.74) is 0.878. The molecule has 0 saturated carbocycles. The number of ether oxygens (including phenoxy) is 2. The van der Waals surface area contributed by atoms with E-state index in [0.717, 1.165) is 5.56 Å². The highest BCUT2D eigenvalue weighted by molar-refractivity contribution is 5.13. The van der Waals surface area contributed by atoms with Gasteiger partial charge < -0.3 is 29.9 Å². The number of aliphatic hydroxyl groups is 4. The molecule has 5 atom stereocenters. The second-order valence-electron chi connectivity index (χ2n) is 4.49. The third-order valence-corrected chi connectivity index (χ3v) is 3.13. The molecule has 1 aromatic carbocycles. The largest absolute Gasteiger partial charge is 0.394 e. The van der Waals surface area contributed by atoms with Gasteiger partial charge >= 0.3 is 0 Å². The van der Waals surface area contributed by atoms with Crippen LogP contribution < -0.4 is 0 Å². The molecule has 1 aromatic rings. The first kappa shape index (κ1) is 14.4. The lowest BCUT2D eigenvalue weighted by atomic mass is 9.99. The average Bonchev–Trinajstić information content (AvgIpc) is 2.44. The van der Waals surface area contributed by atoms with E-state index in [9.17, 15) is 15.3 Å². The lowest BCUT2D eigenvalue weighted by Crippen LogP contribution is -2.59. The Morgan fingerprint density at radius 2 is 1.74 bits per heavy atom. The van der Waals surface area contributed by atoms with Crippen molar-refractivity contribution < 1.29 is 29.9 Å². The van der Waals surface area contributed by atoms with Crippen LogP contribution in [0.1, 0.15) is 5.56 Å². The first-order valence-corrected chi connectivity index (χ1v) is 6.09. The zero-order valence-electron chi connectivity index (χ0n) is 10.3. The summed E-state index contributed by atoms with van der Waals surface area (Å²) in [6, 6.07) is 9.26. The minimum Gasteiger partial charge on any atom is -0.394 e. The van der Waals surface area contributed by atoms with E-state index >= 15 is 0 Å². The van der Waals surface area contributed by atoms with Gasteiger partial charge in [0.2, 0.25) is 0 Å². The van der Waals surface area contributed by atoms with E-state index in [1.165, 1.54) is 0 Å². The van der Waals surface area contributed by atoms with E-state index in [0.29, 0.717) is 0 Å². The van der Waals surface area contributed by atoms with E-state index in [-0.39, 0.29) is 6.61 Å². The molecule has 6 heteroatoms. The van der Waals surface area contributed by atoms with Crippen LogP contribution in [-0.4, -0.2) is 57.7 Å². The van der Waals surface area contributed by atoms with Crippen molar-refractivity contribution in [3.8, 4) is 0 Å². The fourth-order valence-electron chi connectivity index (χ4n) is 2.03. The van der Waals surface area contributed by atoms with Crippen molar-refractivity contribution >= 4 is 0 Å². The van der Waals surface area contributed by atoms with Crippen LogP contribution in [0, 0.1) is 0 Å². The minimum atomic E-state index is -1.48. The van der Waals surface area contributed by atoms with Crippen molar-refractivity contribution in [1.29, 1.82) is 0 Å². The van der Waals surface area contributed by atoms with E-state index < -0.39 is 37.3 Å². The van der Waals surface area contributed by atoms with Crippen LogP contribution in [0.3, 0.4) is 0 Å². The highest BCUT2D eigenvalue weighted by Gasteiger charge is 2.44. The van der Waals surface area contributed by atoms with Crippen LogP contribution >= 0.6 is 0 Å². The second kappa shape index (κ2) is 6.42. The molecule has 1 aliphatic heterocycles. The number of rotatable bonds is 4. The smallest absolute Gasteiger partial charge is 0.184 e. The predicted molar refractivity (Wildman–Crippen MR) is 65.0 cm³/mol. The highest BCUT2D eigenvalue weighted by atomic mass is 16.6. The lowest BCUT2D eigenvalue weighted by Gasteiger charge is -2.39. The van der Waals surface area contributed by atoms with Crippen LogP contribution in [0.5, 0.6) is 0 Å². The molecule has 0 bridgehead atoms. The zero-order chi connectivity index (χ0) is 13.8. The van der Waals surface area contributed by atoms with Crippen LogP contribution in [0.4, 0.5) is 0 Å². The third kappa shape index (κ3) is 3.30. The van der Waals surface area contributed by atoms with E-state index in [1.807, 2.05) is 30.3 Å². The van der Waals surface area contributed by atoms with Gasteiger partial charge in [-0.2, -0.15) is 0 Å². The summed E-state index contributed by atoms with van der Waals surface area (Å²) in [7, 11) is 0. The monoisotopic (exact) mass is 270 g/mol. The molecule has 1 saturated heterocycles. The standard InChI is InChI=1S/C13H18O6/c14-6-9-10(15)12(11(16)13(17)19-9)18-7-8-4-2-1-3-5-8/h1-5,9-17H,6-7H2/t9-,10+,11-,12-,13-/m1/s1. The van der Waals surface area contributed by atoms with Gasteiger partial charge in [-0.05, 0) is 5.56 Å². The van der Waals surface area contributed by atoms with Gasteiger partial charge in [-0.1, -0.05) is 30.3 Å². The average molecular weight is 270 g/mol. The Balaban J connectivity index is 2.00. The molecule has 1 fully saturated rings. The Morgan fingerprint density at radius 3 is 2.37 bits per heavy atom. The van der Waals surface area contributed by atoms with Crippen LogP contribution in [0.15, 0.2) is 30.3 Å². The molecule has 19 heavy (non-hydrogen) atoms. The minimum absolute atomic E-state index is 0.185. The van der Waals surface area contributed by atoms with Gasteiger partial charge in [-0.3, -0.25) is 0 Å². The number of hydrogen-bond donors (Lipinski definition) is 4. The summed E-state index contributed by atoms with van der Waals surface area (Å²) in [5.74, 6) is 0. The maximum absolute atomic E-state index is 9.91. The Hall–Kier alpha value is -1.02. The van der Waals surface area contributed by atoms with Gasteiger partial charge in [0.25, 0.3) is 0 Å². The molecule has 6 nitrogen and oxygen atoms in total. The molecular weight excluding hydrogens is 252 g/mol. The molecule has 0 unspecified atom stereocenters. The van der Waals surface area contributed by atoms with Crippen molar-refractivity contribution in [2.75, 3.05) is 6.61 Å². The SMILES string of the molecule is OC[C@H]1O[C@@H](O)[C@H](O)[C@H](OCc2ccccc2)[C@H]1O. The van der Waals surface area contributed by atoms with Gasteiger partial charge in [0.15, 0.2) is 6.29 Å². The van der Waals surface area contributed by atoms with Crippen molar-refractivity contribution in [3.05, 3.63) is 35.9 Å². The van der Waals surface area contributed by atoms with Gasteiger partial charge in [-0.25, -0.2) is 0 Å². The van der Waals surface area contributed by atoms with E-state index in [4.69, 9.17) is 14.6 Å². The highest BCUT2D eigenvalue weighted by Crippen LogP contribution is 2.23. The van der Waals surface area contributed by atoms with Gasteiger partial charge in [0.1, 0.15) is 24.4 Å². The first-order chi connectivity index (χ1) is 9.13. The van der Waals surface area contributed by atoms with E-state index in [1.54, 1.807) is 0 Å². The number of hydrogen-bond acceptors (Lipinski definition) is 6. The summed E-state index contributed by atoms with van der Waals surface area (Å²) in [6.45, 7) is -0.277. The van der Waals surface area contributed by atoms with Gasteiger partial charge in [-0.15, -0.1) is 0 Å². The third-order valence-electron chi connectivity index (χ3n) is 3.13. The van der Waals surface area contributed by atoms with Crippen LogP contribution in [0.25, 0.3) is 0 Å². The summed E-state index contributed by atoms with van der Waals surface area (Å²) in [4.78, 5) is 0. The fourth-order valence-corrected chi connectivity index (χ4v) is 2.03. The molecule has 4 N–H and O–H groups in total. The van der Waals surface area contributed by atoms with Crippen LogP contribution in [0.2, 0.25) is 0 Å². The lowest BCUT2D eigenvalue weighted by molar-refractivity contribution is -0.296. The van der Waals surface area contributed by atoms with Crippen molar-refractivity contribution in [1.82, 2.24) is 0 Å². The molecule has 0 aliphatic carbocycles. The zero-order valence-corrected chi connectivity index (χ0v) is 10.3. The molecule has 0 radical (unpaired) electrons. The molecule has 0 spiro atoms. The summed E-state index contributed by atoms with van der Waals surface area (Å²) >= 11 is 0. The summed E-state index contributed by atoms with van der Waals surface area (Å²) in [6.07, 6.45) is -6.03. The number of benzene rings is 1. The van der Waals surface area contributed by atoms with Gasteiger partial charge in [0, 0.05) is 0 Å². The Labute approximate surface area is 110 Å². The molecular formula is C13H18O6. The predicted octanol–water partition coefficient (Wildman–Crippen LogP) is -0.997. The van der Waals surface area contributed by atoms with E-state index in [2.05, 4.69) is 0 Å². The Morgan fingerprint density at radius 1 is 1.05 bits per heavy atom. The van der Waals surface area contributed by atoms with Crippen molar-refractivity contribution in [3.63, 3.8) is 0 Å². The second-order valence-corrected chi connectivity index (χ2v) is 4.49. The fraction of sp³-hybridized carbons (Fsp3) is 0.538. The molecule has 0 aromatic heterocycles. The number of aliphatic hydroxyl groups excluding tert-OH is 4. The molecule has 2 rings (SSSR count). The molecule has 106 valence electrons. The maximum atomic E-state index is 9.91. The van der Waals surface area contributed by atoms with Crippen molar-refractivity contribution in [2.24, 2.45) is 0 Å². The Bertz CT molecular complexity index is 384. The van der Waals surface area contributed by atoms with Gasteiger partial charge in [0.05, 0.1) is 13.2 Å². The summed E-state index contributed by atoms with van der Waals surface area (Å²) in [5, 5.41) is 38.2. The Kier molecular flexibility index (Phi) is 4.87. The normalized spacial score (nSPS) is 35.3. The molecule has 0 amide bonds. The maximum Gasteiger partial charge on any atom is 0.184 e. The first-order valence-electron chi connectivity index (χ1n) is 6.09.